The van der Waals surface area contributed by atoms with E-state index in [1.807, 2.05) is 0 Å². The molecule has 0 bridgehead atoms. The van der Waals surface area contributed by atoms with Crippen LogP contribution in [-0.4, -0.2) is 22.3 Å². The second kappa shape index (κ2) is 7.04. The fourth-order valence-corrected chi connectivity index (χ4v) is 8.76. The molecule has 0 aliphatic heterocycles. The predicted octanol–water partition coefficient (Wildman–Crippen LogP) is 5.51. The summed E-state index contributed by atoms with van der Waals surface area (Å²) >= 11 is 0. The van der Waals surface area contributed by atoms with Crippen LogP contribution in [0.5, 0.6) is 0 Å². The molecule has 0 aromatic carbocycles. The molecule has 2 N–H and O–H groups in total. The first kappa shape index (κ1) is 19.7. The van der Waals surface area contributed by atoms with Crippen molar-refractivity contribution in [3.05, 3.63) is 0 Å². The summed E-state index contributed by atoms with van der Waals surface area (Å²) in [7, 11) is 0. The maximum absolute atomic E-state index is 11.0. The smallest absolute Gasteiger partial charge is 0.303 e. The zero-order valence-corrected chi connectivity index (χ0v) is 17.6. The van der Waals surface area contributed by atoms with Gasteiger partial charge in [-0.3, -0.25) is 4.79 Å². The van der Waals surface area contributed by atoms with Crippen LogP contribution < -0.4 is 0 Å². The van der Waals surface area contributed by atoms with Crippen LogP contribution in [0.4, 0.5) is 0 Å². The van der Waals surface area contributed by atoms with E-state index < -0.39 is 5.97 Å². The maximum atomic E-state index is 11.0. The van der Waals surface area contributed by atoms with Gasteiger partial charge in [-0.05, 0) is 111 Å². The van der Waals surface area contributed by atoms with Crippen molar-refractivity contribution in [2.75, 3.05) is 0 Å². The normalized spacial score (nSPS) is 50.4. The van der Waals surface area contributed by atoms with Gasteiger partial charge < -0.3 is 10.2 Å². The van der Waals surface area contributed by atoms with Gasteiger partial charge in [-0.1, -0.05) is 20.8 Å². The van der Waals surface area contributed by atoms with Crippen LogP contribution in [-0.2, 0) is 4.79 Å². The van der Waals surface area contributed by atoms with Crippen molar-refractivity contribution in [3.8, 4) is 0 Å². The lowest BCUT2D eigenvalue weighted by Crippen LogP contribution is -2.54. The predicted molar refractivity (Wildman–Crippen MR) is 107 cm³/mol. The highest BCUT2D eigenvalue weighted by atomic mass is 16.4. The minimum absolute atomic E-state index is 0.0561. The summed E-state index contributed by atoms with van der Waals surface area (Å²) in [6, 6.07) is 0. The van der Waals surface area contributed by atoms with E-state index in [4.69, 9.17) is 5.11 Å². The lowest BCUT2D eigenvalue weighted by molar-refractivity contribution is -0.138. The number of fused-ring (bicyclic) bond motifs is 5. The first-order valence-corrected chi connectivity index (χ1v) is 11.7. The lowest BCUT2D eigenvalue weighted by atomic mass is 9.44. The van der Waals surface area contributed by atoms with Crippen LogP contribution in [0.1, 0.15) is 91.4 Å². The zero-order valence-electron chi connectivity index (χ0n) is 17.6. The molecule has 3 nitrogen and oxygen atoms in total. The Hall–Kier alpha value is -0.570. The quantitative estimate of drug-likeness (QED) is 0.680. The topological polar surface area (TPSA) is 57.5 Å². The Bertz CT molecular complexity index is 574. The number of hydrogen-bond acceptors (Lipinski definition) is 2. The van der Waals surface area contributed by atoms with Crippen molar-refractivity contribution >= 4 is 5.97 Å². The molecule has 0 aromatic heterocycles. The monoisotopic (exact) mass is 376 g/mol. The third-order valence-corrected chi connectivity index (χ3v) is 10.2. The Kier molecular flexibility index (Phi) is 5.15. The average Bonchev–Trinajstić information content (AvgIpc) is 2.97. The van der Waals surface area contributed by atoms with Gasteiger partial charge in [0.1, 0.15) is 0 Å². The van der Waals surface area contributed by atoms with Crippen molar-refractivity contribution in [1.29, 1.82) is 0 Å². The molecule has 27 heavy (non-hydrogen) atoms. The van der Waals surface area contributed by atoms with E-state index in [2.05, 4.69) is 20.8 Å². The highest BCUT2D eigenvalue weighted by Gasteiger charge is 2.60. The first-order valence-electron chi connectivity index (χ1n) is 11.7. The van der Waals surface area contributed by atoms with E-state index in [0.29, 0.717) is 29.1 Å². The second-order valence-corrected chi connectivity index (χ2v) is 11.2. The van der Waals surface area contributed by atoms with Crippen LogP contribution in [0.3, 0.4) is 0 Å². The second-order valence-electron chi connectivity index (χ2n) is 11.2. The van der Waals surface area contributed by atoms with Gasteiger partial charge in [0, 0.05) is 6.42 Å². The van der Waals surface area contributed by atoms with Gasteiger partial charge in [0.15, 0.2) is 0 Å². The Labute approximate surface area is 165 Å². The summed E-state index contributed by atoms with van der Waals surface area (Å²) in [6.45, 7) is 7.43. The summed E-state index contributed by atoms with van der Waals surface area (Å²) in [5.41, 5.74) is 0.882. The summed E-state index contributed by atoms with van der Waals surface area (Å²) in [5.74, 6) is 3.91. The molecule has 0 amide bonds. The van der Waals surface area contributed by atoms with Crippen molar-refractivity contribution in [2.24, 2.45) is 46.3 Å². The molecule has 4 saturated carbocycles. The summed E-state index contributed by atoms with van der Waals surface area (Å²) in [5, 5.41) is 19.3. The number of aliphatic carboxylic acids is 1. The van der Waals surface area contributed by atoms with Crippen LogP contribution in [0.15, 0.2) is 0 Å². The molecule has 0 saturated heterocycles. The zero-order chi connectivity index (χ0) is 19.4. The van der Waals surface area contributed by atoms with E-state index in [-0.39, 0.29) is 6.10 Å². The third kappa shape index (κ3) is 3.16. The van der Waals surface area contributed by atoms with Crippen LogP contribution >= 0.6 is 0 Å². The molecular weight excluding hydrogens is 336 g/mol. The lowest BCUT2D eigenvalue weighted by Gasteiger charge is -2.61. The van der Waals surface area contributed by atoms with E-state index in [1.165, 1.54) is 44.9 Å². The number of hydrogen-bond donors (Lipinski definition) is 2. The molecule has 4 fully saturated rings. The van der Waals surface area contributed by atoms with Crippen molar-refractivity contribution < 1.29 is 15.0 Å². The van der Waals surface area contributed by atoms with E-state index in [9.17, 15) is 9.90 Å². The molecule has 0 heterocycles. The van der Waals surface area contributed by atoms with Crippen LogP contribution in [0.2, 0.25) is 0 Å². The number of carbonyl (C=O) groups is 1. The Balaban J connectivity index is 1.51. The highest BCUT2D eigenvalue weighted by molar-refractivity contribution is 5.66. The standard InChI is InChI=1S/C24H40O3/c1-15(4-9-22(26)27)19-7-8-20-18-6-5-16-14-17(25)10-12-23(16,2)21(18)11-13-24(19,20)3/h15-21,25H,4-14H2,1-3H3,(H,26,27)/t15?,16-,17-,18?,19-,20+,21+,23+,24-/m1/s1. The molecule has 4 aliphatic carbocycles. The van der Waals surface area contributed by atoms with E-state index in [1.54, 1.807) is 0 Å². The van der Waals surface area contributed by atoms with E-state index in [0.717, 1.165) is 42.9 Å². The SMILES string of the molecule is CC(CCC(=O)O)[C@H]1CC[C@H]2C3CC[C@@H]4C[C@H](O)CC[C@]4(C)[C@H]3CC[C@]12C. The molecule has 9 atom stereocenters. The highest BCUT2D eigenvalue weighted by Crippen LogP contribution is 2.68. The molecule has 2 unspecified atom stereocenters. The molecule has 0 spiro atoms. The molecular formula is C24H40O3. The Morgan fingerprint density at radius 3 is 2.44 bits per heavy atom. The average molecular weight is 377 g/mol. The molecule has 4 rings (SSSR count). The summed E-state index contributed by atoms with van der Waals surface area (Å²) in [4.78, 5) is 11.0. The molecule has 0 aromatic rings. The maximum Gasteiger partial charge on any atom is 0.303 e. The number of aliphatic hydroxyl groups excluding tert-OH is 1. The van der Waals surface area contributed by atoms with E-state index >= 15 is 0 Å². The number of carboxylic acids is 1. The van der Waals surface area contributed by atoms with Gasteiger partial charge in [-0.25, -0.2) is 0 Å². The largest absolute Gasteiger partial charge is 0.481 e. The first-order chi connectivity index (χ1) is 12.8. The fraction of sp³-hybridized carbons (Fsp3) is 0.958. The van der Waals surface area contributed by atoms with Gasteiger partial charge in [0.25, 0.3) is 0 Å². The van der Waals surface area contributed by atoms with Crippen molar-refractivity contribution in [1.82, 2.24) is 0 Å². The molecule has 0 radical (unpaired) electrons. The number of rotatable bonds is 4. The minimum atomic E-state index is -0.643. The number of carboxylic acid groups (broad SMARTS) is 1. The molecule has 154 valence electrons. The van der Waals surface area contributed by atoms with Gasteiger partial charge in [0.2, 0.25) is 0 Å². The Morgan fingerprint density at radius 1 is 1.00 bits per heavy atom. The summed E-state index contributed by atoms with van der Waals surface area (Å²) < 4.78 is 0. The minimum Gasteiger partial charge on any atom is -0.481 e. The third-order valence-electron chi connectivity index (χ3n) is 10.2. The van der Waals surface area contributed by atoms with Crippen molar-refractivity contribution in [3.63, 3.8) is 0 Å². The summed E-state index contributed by atoms with van der Waals surface area (Å²) in [6.07, 6.45) is 12.4. The van der Waals surface area contributed by atoms with Gasteiger partial charge in [0.05, 0.1) is 6.10 Å². The van der Waals surface area contributed by atoms with Gasteiger partial charge in [-0.2, -0.15) is 0 Å². The molecule has 3 heteroatoms. The Morgan fingerprint density at radius 2 is 1.70 bits per heavy atom. The fourth-order valence-electron chi connectivity index (χ4n) is 8.76. The number of aliphatic hydroxyl groups is 1. The molecule has 4 aliphatic rings. The van der Waals surface area contributed by atoms with Gasteiger partial charge in [-0.15, -0.1) is 0 Å². The van der Waals surface area contributed by atoms with Gasteiger partial charge >= 0.3 is 5.97 Å². The van der Waals surface area contributed by atoms with Crippen LogP contribution in [0, 0.1) is 46.3 Å². The van der Waals surface area contributed by atoms with Crippen molar-refractivity contribution in [2.45, 2.75) is 97.5 Å². The van der Waals surface area contributed by atoms with Crippen LogP contribution in [0.25, 0.3) is 0 Å².